The molecule has 2 amide bonds. The lowest BCUT2D eigenvalue weighted by Gasteiger charge is -2.29. The molecule has 5 nitrogen and oxygen atoms in total. The molecule has 0 bridgehead atoms. The number of amides is 2. The van der Waals surface area contributed by atoms with E-state index in [4.69, 9.17) is 0 Å². The zero-order chi connectivity index (χ0) is 17.9. The third-order valence-corrected chi connectivity index (χ3v) is 4.29. The molecule has 0 radical (unpaired) electrons. The van der Waals surface area contributed by atoms with Gasteiger partial charge in [-0.2, -0.15) is 0 Å². The minimum absolute atomic E-state index is 0.0465. The second-order valence-corrected chi connectivity index (χ2v) is 7.68. The number of rotatable bonds is 3. The number of anilines is 2. The van der Waals surface area contributed by atoms with E-state index in [0.29, 0.717) is 11.3 Å². The van der Waals surface area contributed by atoms with Crippen LogP contribution >= 0.6 is 0 Å². The second-order valence-electron chi connectivity index (χ2n) is 7.68. The highest BCUT2D eigenvalue weighted by Gasteiger charge is 2.24. The maximum absolute atomic E-state index is 12.9. The van der Waals surface area contributed by atoms with Crippen LogP contribution in [-0.2, 0) is 4.79 Å². The lowest BCUT2D eigenvalue weighted by molar-refractivity contribution is -0.123. The molecule has 1 saturated heterocycles. The predicted molar refractivity (Wildman–Crippen MR) is 98.6 cm³/mol. The fraction of sp³-hybridized carbons (Fsp3) is 0.579. The summed E-state index contributed by atoms with van der Waals surface area (Å²) in [6.45, 7) is 7.23. The molecule has 5 heteroatoms. The van der Waals surface area contributed by atoms with E-state index < -0.39 is 5.41 Å². The molecule has 1 N–H and O–H groups in total. The molecule has 1 aromatic rings. The van der Waals surface area contributed by atoms with Crippen molar-refractivity contribution in [1.82, 2.24) is 4.90 Å². The van der Waals surface area contributed by atoms with E-state index in [-0.39, 0.29) is 11.8 Å². The number of nitrogens with zero attached hydrogens (tertiary/aromatic N) is 2. The summed E-state index contributed by atoms with van der Waals surface area (Å²) in [5.74, 6) is -0.0123. The van der Waals surface area contributed by atoms with Gasteiger partial charge in [-0.25, -0.2) is 0 Å². The highest BCUT2D eigenvalue weighted by atomic mass is 16.2. The smallest absolute Gasteiger partial charge is 0.256 e. The molecule has 0 aromatic heterocycles. The van der Waals surface area contributed by atoms with Gasteiger partial charge in [0.1, 0.15) is 0 Å². The van der Waals surface area contributed by atoms with Crippen molar-refractivity contribution in [3.63, 3.8) is 0 Å². The van der Waals surface area contributed by atoms with Gasteiger partial charge in [-0.05, 0) is 37.5 Å². The molecule has 0 saturated carbocycles. The van der Waals surface area contributed by atoms with E-state index in [2.05, 4.69) is 5.32 Å². The van der Waals surface area contributed by atoms with Crippen LogP contribution in [0.4, 0.5) is 11.4 Å². The normalized spacial score (nSPS) is 15.1. The van der Waals surface area contributed by atoms with Crippen molar-refractivity contribution in [3.8, 4) is 0 Å². The summed E-state index contributed by atoms with van der Waals surface area (Å²) in [5.41, 5.74) is 1.71. The van der Waals surface area contributed by atoms with Crippen LogP contribution in [0.1, 0.15) is 50.4 Å². The molecule has 0 aliphatic carbocycles. The second kappa shape index (κ2) is 7.24. The van der Waals surface area contributed by atoms with Crippen molar-refractivity contribution in [2.24, 2.45) is 5.41 Å². The first kappa shape index (κ1) is 18.3. The van der Waals surface area contributed by atoms with Gasteiger partial charge in [0.25, 0.3) is 5.91 Å². The van der Waals surface area contributed by atoms with E-state index in [1.54, 1.807) is 6.07 Å². The molecular weight excluding hydrogens is 302 g/mol. The number of nitrogens with one attached hydrogen (secondary N) is 1. The third-order valence-electron chi connectivity index (χ3n) is 4.29. The van der Waals surface area contributed by atoms with Crippen molar-refractivity contribution < 1.29 is 9.59 Å². The Labute approximate surface area is 145 Å². The molecule has 1 aromatic carbocycles. The molecular formula is C19H29N3O2. The van der Waals surface area contributed by atoms with Gasteiger partial charge < -0.3 is 15.1 Å². The fourth-order valence-electron chi connectivity index (χ4n) is 2.76. The maximum Gasteiger partial charge on any atom is 0.256 e. The van der Waals surface area contributed by atoms with Crippen molar-refractivity contribution in [3.05, 3.63) is 23.8 Å². The number of benzene rings is 1. The summed E-state index contributed by atoms with van der Waals surface area (Å²) >= 11 is 0. The highest BCUT2D eigenvalue weighted by Crippen LogP contribution is 2.27. The average Bonchev–Trinajstić information content (AvgIpc) is 2.53. The van der Waals surface area contributed by atoms with Crippen LogP contribution in [0.3, 0.4) is 0 Å². The Kier molecular flexibility index (Phi) is 5.52. The summed E-state index contributed by atoms with van der Waals surface area (Å²) in [4.78, 5) is 29.0. The molecule has 1 aliphatic heterocycles. The topological polar surface area (TPSA) is 52.7 Å². The number of likely N-dealkylation sites (tertiary alicyclic amines) is 1. The molecule has 24 heavy (non-hydrogen) atoms. The van der Waals surface area contributed by atoms with Gasteiger partial charge in [0, 0.05) is 44.0 Å². The van der Waals surface area contributed by atoms with Crippen LogP contribution in [0.2, 0.25) is 0 Å². The van der Waals surface area contributed by atoms with Crippen molar-refractivity contribution in [1.29, 1.82) is 0 Å². The first-order chi connectivity index (χ1) is 11.2. The van der Waals surface area contributed by atoms with Crippen LogP contribution in [0.15, 0.2) is 18.2 Å². The number of carbonyl (C=O) groups is 2. The molecule has 1 fully saturated rings. The van der Waals surface area contributed by atoms with Crippen LogP contribution in [0, 0.1) is 5.41 Å². The number of piperidine rings is 1. The van der Waals surface area contributed by atoms with Crippen LogP contribution in [-0.4, -0.2) is 43.9 Å². The van der Waals surface area contributed by atoms with Gasteiger partial charge in [-0.1, -0.05) is 20.8 Å². The first-order valence-electron chi connectivity index (χ1n) is 8.62. The Bertz CT molecular complexity index is 612. The summed E-state index contributed by atoms with van der Waals surface area (Å²) in [6, 6.07) is 5.55. The number of hydrogen-bond donors (Lipinski definition) is 1. The molecule has 0 unspecified atom stereocenters. The molecule has 1 heterocycles. The van der Waals surface area contributed by atoms with Gasteiger partial charge in [0.05, 0.1) is 5.56 Å². The monoisotopic (exact) mass is 331 g/mol. The zero-order valence-electron chi connectivity index (χ0n) is 15.5. The van der Waals surface area contributed by atoms with Gasteiger partial charge in [0.15, 0.2) is 0 Å². The molecule has 0 atom stereocenters. The largest absolute Gasteiger partial charge is 0.377 e. The van der Waals surface area contributed by atoms with Gasteiger partial charge in [-0.15, -0.1) is 0 Å². The summed E-state index contributed by atoms with van der Waals surface area (Å²) < 4.78 is 0. The third kappa shape index (κ3) is 4.28. The Morgan fingerprint density at radius 3 is 2.25 bits per heavy atom. The standard InChI is InChI=1S/C19H29N3O2/c1-19(2,3)18(24)20-14-9-10-16(21(4)5)15(13-14)17(23)22-11-7-6-8-12-22/h9-10,13H,6-8,11-12H2,1-5H3,(H,20,24). The Balaban J connectivity index is 2.31. The molecule has 132 valence electrons. The zero-order valence-corrected chi connectivity index (χ0v) is 15.5. The van der Waals surface area contributed by atoms with E-state index in [1.165, 1.54) is 6.42 Å². The first-order valence-corrected chi connectivity index (χ1v) is 8.62. The number of carbonyl (C=O) groups excluding carboxylic acids is 2. The van der Waals surface area contributed by atoms with Crippen molar-refractivity contribution in [2.45, 2.75) is 40.0 Å². The molecule has 1 aliphatic rings. The van der Waals surface area contributed by atoms with Crippen LogP contribution in [0.5, 0.6) is 0 Å². The quantitative estimate of drug-likeness (QED) is 0.924. The Morgan fingerprint density at radius 2 is 1.71 bits per heavy atom. The van der Waals surface area contributed by atoms with Crippen molar-refractivity contribution in [2.75, 3.05) is 37.4 Å². The highest BCUT2D eigenvalue weighted by molar-refractivity contribution is 6.02. The SMILES string of the molecule is CN(C)c1ccc(NC(=O)C(C)(C)C)cc1C(=O)N1CCCCC1. The summed E-state index contributed by atoms with van der Waals surface area (Å²) in [5, 5.41) is 2.92. The van der Waals surface area contributed by atoms with Gasteiger partial charge in [-0.3, -0.25) is 9.59 Å². The Hall–Kier alpha value is -2.04. The maximum atomic E-state index is 12.9. The lowest BCUT2D eigenvalue weighted by atomic mass is 9.95. The predicted octanol–water partition coefficient (Wildman–Crippen LogP) is 3.36. The van der Waals surface area contributed by atoms with Gasteiger partial charge >= 0.3 is 0 Å². The van der Waals surface area contributed by atoms with Crippen LogP contribution in [0.25, 0.3) is 0 Å². The molecule has 0 spiro atoms. The number of hydrogen-bond acceptors (Lipinski definition) is 3. The summed E-state index contributed by atoms with van der Waals surface area (Å²) in [7, 11) is 3.85. The molecule has 2 rings (SSSR count). The minimum atomic E-state index is -0.475. The van der Waals surface area contributed by atoms with Crippen LogP contribution < -0.4 is 10.2 Å². The summed E-state index contributed by atoms with van der Waals surface area (Å²) in [6.07, 6.45) is 3.30. The lowest BCUT2D eigenvalue weighted by Crippen LogP contribution is -2.36. The van der Waals surface area contributed by atoms with Crippen molar-refractivity contribution >= 4 is 23.2 Å². The van der Waals surface area contributed by atoms with E-state index in [9.17, 15) is 9.59 Å². The van der Waals surface area contributed by atoms with E-state index in [0.717, 1.165) is 31.6 Å². The fourth-order valence-corrected chi connectivity index (χ4v) is 2.76. The average molecular weight is 331 g/mol. The Morgan fingerprint density at radius 1 is 1.08 bits per heavy atom. The van der Waals surface area contributed by atoms with Gasteiger partial charge in [0.2, 0.25) is 5.91 Å². The van der Waals surface area contributed by atoms with E-state index >= 15 is 0 Å². The van der Waals surface area contributed by atoms with E-state index in [1.807, 2.05) is 56.8 Å². The minimum Gasteiger partial charge on any atom is -0.377 e.